The Morgan fingerprint density at radius 3 is 2.27 bits per heavy atom. The van der Waals surface area contributed by atoms with Gasteiger partial charge in [-0.2, -0.15) is 0 Å². The molecule has 0 heteroatoms. The molecule has 66 valence electrons. The third-order valence-electron chi connectivity index (χ3n) is 3.22. The van der Waals surface area contributed by atoms with E-state index in [2.05, 4.69) is 40.3 Å². The summed E-state index contributed by atoms with van der Waals surface area (Å²) in [6.45, 7) is 13.1. The molecular weight excluding hydrogens is 132 g/mol. The van der Waals surface area contributed by atoms with Crippen molar-refractivity contribution in [2.75, 3.05) is 0 Å². The zero-order valence-electron chi connectivity index (χ0n) is 8.48. The topological polar surface area (TPSA) is 0 Å². The molecule has 0 aliphatic heterocycles. The van der Waals surface area contributed by atoms with Gasteiger partial charge in [0.05, 0.1) is 0 Å². The molecule has 0 nitrogen and oxygen atoms in total. The van der Waals surface area contributed by atoms with Gasteiger partial charge in [-0.1, -0.05) is 46.6 Å². The van der Waals surface area contributed by atoms with Gasteiger partial charge in [-0.05, 0) is 17.8 Å². The lowest BCUT2D eigenvalue weighted by Crippen LogP contribution is -2.23. The summed E-state index contributed by atoms with van der Waals surface area (Å²) in [7, 11) is 0. The highest BCUT2D eigenvalue weighted by atomic mass is 14.3. The van der Waals surface area contributed by atoms with E-state index in [-0.39, 0.29) is 0 Å². The maximum atomic E-state index is 3.81. The summed E-state index contributed by atoms with van der Waals surface area (Å²) in [6, 6.07) is 0. The molecule has 0 bridgehead atoms. The van der Waals surface area contributed by atoms with E-state index in [1.54, 1.807) is 0 Å². The van der Waals surface area contributed by atoms with Crippen LogP contribution in [0.4, 0.5) is 0 Å². The second kappa shape index (κ2) is 4.58. The van der Waals surface area contributed by atoms with E-state index >= 15 is 0 Å². The molecule has 0 radical (unpaired) electrons. The van der Waals surface area contributed by atoms with Gasteiger partial charge in [0.1, 0.15) is 0 Å². The van der Waals surface area contributed by atoms with Crippen molar-refractivity contribution in [1.29, 1.82) is 0 Å². The molecule has 0 rings (SSSR count). The van der Waals surface area contributed by atoms with Gasteiger partial charge in [0.15, 0.2) is 0 Å². The molecule has 0 saturated heterocycles. The van der Waals surface area contributed by atoms with Crippen LogP contribution < -0.4 is 0 Å². The summed E-state index contributed by atoms with van der Waals surface area (Å²) >= 11 is 0. The molecule has 0 aromatic rings. The minimum atomic E-state index is 0.483. The Hall–Kier alpha value is -0.260. The van der Waals surface area contributed by atoms with Crippen molar-refractivity contribution in [2.45, 2.75) is 47.0 Å². The minimum Gasteiger partial charge on any atom is -0.103 e. The van der Waals surface area contributed by atoms with Crippen LogP contribution in [-0.2, 0) is 0 Å². The van der Waals surface area contributed by atoms with Crippen LogP contribution >= 0.6 is 0 Å². The van der Waals surface area contributed by atoms with E-state index in [0.717, 1.165) is 12.3 Å². The Morgan fingerprint density at radius 2 is 2.00 bits per heavy atom. The van der Waals surface area contributed by atoms with Crippen molar-refractivity contribution < 1.29 is 0 Å². The molecule has 2 unspecified atom stereocenters. The Kier molecular flexibility index (Phi) is 4.48. The van der Waals surface area contributed by atoms with Gasteiger partial charge in [0, 0.05) is 0 Å². The lowest BCUT2D eigenvalue weighted by molar-refractivity contribution is 0.190. The molecule has 0 amide bonds. The van der Waals surface area contributed by atoms with Gasteiger partial charge < -0.3 is 0 Å². The average molecular weight is 154 g/mol. The molecule has 0 aliphatic carbocycles. The first kappa shape index (κ1) is 10.7. The smallest absolute Gasteiger partial charge is 0.0268 e. The van der Waals surface area contributed by atoms with E-state index in [0.29, 0.717) is 5.41 Å². The zero-order chi connectivity index (χ0) is 8.91. The molecule has 0 saturated carbocycles. The summed E-state index contributed by atoms with van der Waals surface area (Å²) in [4.78, 5) is 0. The van der Waals surface area contributed by atoms with Crippen molar-refractivity contribution in [3.63, 3.8) is 0 Å². The molecule has 0 aliphatic rings. The van der Waals surface area contributed by atoms with Gasteiger partial charge in [-0.15, -0.1) is 6.58 Å². The molecule has 2 atom stereocenters. The largest absolute Gasteiger partial charge is 0.103 e. The molecule has 0 heterocycles. The number of hydrogen-bond donors (Lipinski definition) is 0. The van der Waals surface area contributed by atoms with E-state index in [9.17, 15) is 0 Å². The highest BCUT2D eigenvalue weighted by Crippen LogP contribution is 2.36. The van der Waals surface area contributed by atoms with Gasteiger partial charge in [0.2, 0.25) is 0 Å². The van der Waals surface area contributed by atoms with E-state index in [1.807, 2.05) is 0 Å². The van der Waals surface area contributed by atoms with E-state index in [4.69, 9.17) is 0 Å². The van der Waals surface area contributed by atoms with Crippen molar-refractivity contribution in [2.24, 2.45) is 11.3 Å². The van der Waals surface area contributed by atoms with Gasteiger partial charge in [-0.3, -0.25) is 0 Å². The van der Waals surface area contributed by atoms with Crippen molar-refractivity contribution in [3.8, 4) is 0 Å². The fourth-order valence-corrected chi connectivity index (χ4v) is 1.52. The van der Waals surface area contributed by atoms with Crippen molar-refractivity contribution in [3.05, 3.63) is 12.7 Å². The first-order chi connectivity index (χ1) is 5.10. The van der Waals surface area contributed by atoms with Gasteiger partial charge >= 0.3 is 0 Å². The Bertz CT molecular complexity index is 115. The summed E-state index contributed by atoms with van der Waals surface area (Å²) in [5, 5.41) is 0. The molecule has 0 aromatic carbocycles. The summed E-state index contributed by atoms with van der Waals surface area (Å²) in [5.74, 6) is 0.811. The monoisotopic (exact) mass is 154 g/mol. The van der Waals surface area contributed by atoms with Crippen molar-refractivity contribution >= 4 is 0 Å². The fraction of sp³-hybridized carbons (Fsp3) is 0.818. The van der Waals surface area contributed by atoms with Crippen LogP contribution in [0.5, 0.6) is 0 Å². The fourth-order valence-electron chi connectivity index (χ4n) is 1.52. The van der Waals surface area contributed by atoms with E-state index < -0.39 is 0 Å². The van der Waals surface area contributed by atoms with Crippen LogP contribution in [0.15, 0.2) is 12.7 Å². The van der Waals surface area contributed by atoms with Gasteiger partial charge in [0.25, 0.3) is 0 Å². The predicted molar refractivity (Wildman–Crippen MR) is 52.7 cm³/mol. The third kappa shape index (κ3) is 2.69. The highest BCUT2D eigenvalue weighted by molar-refractivity contribution is 4.85. The minimum absolute atomic E-state index is 0.483. The van der Waals surface area contributed by atoms with Crippen LogP contribution in [-0.4, -0.2) is 0 Å². The normalized spacial score (nSPS) is 18.9. The number of allylic oxidation sites excluding steroid dienone is 1. The van der Waals surface area contributed by atoms with Crippen molar-refractivity contribution in [1.82, 2.24) is 0 Å². The summed E-state index contributed by atoms with van der Waals surface area (Å²) < 4.78 is 0. The second-order valence-electron chi connectivity index (χ2n) is 3.81. The lowest BCUT2D eigenvalue weighted by atomic mass is 9.72. The number of rotatable bonds is 5. The van der Waals surface area contributed by atoms with Crippen LogP contribution in [0.2, 0.25) is 0 Å². The summed E-state index contributed by atoms with van der Waals surface area (Å²) in [6.07, 6.45) is 5.74. The highest BCUT2D eigenvalue weighted by Gasteiger charge is 2.26. The molecule has 11 heavy (non-hydrogen) atoms. The summed E-state index contributed by atoms with van der Waals surface area (Å²) in [5.41, 5.74) is 0.483. The number of hydrogen-bond acceptors (Lipinski definition) is 0. The molecule has 0 aromatic heterocycles. The van der Waals surface area contributed by atoms with Gasteiger partial charge in [-0.25, -0.2) is 0 Å². The van der Waals surface area contributed by atoms with Crippen LogP contribution in [0.3, 0.4) is 0 Å². The first-order valence-electron chi connectivity index (χ1n) is 4.71. The first-order valence-corrected chi connectivity index (χ1v) is 4.71. The Morgan fingerprint density at radius 1 is 1.45 bits per heavy atom. The Balaban J connectivity index is 4.18. The molecule has 0 fully saturated rings. The average Bonchev–Trinajstić information content (AvgIpc) is 2.03. The molecule has 0 spiro atoms. The van der Waals surface area contributed by atoms with Crippen LogP contribution in [0.25, 0.3) is 0 Å². The SMILES string of the molecule is C=CCC(C)(CC)C(C)CC. The lowest BCUT2D eigenvalue weighted by Gasteiger charge is -2.33. The maximum absolute atomic E-state index is 3.81. The van der Waals surface area contributed by atoms with E-state index in [1.165, 1.54) is 12.8 Å². The Labute approximate surface area is 71.7 Å². The van der Waals surface area contributed by atoms with Crippen LogP contribution in [0.1, 0.15) is 47.0 Å². The molecule has 0 N–H and O–H groups in total. The quantitative estimate of drug-likeness (QED) is 0.524. The van der Waals surface area contributed by atoms with Crippen LogP contribution in [0, 0.1) is 11.3 Å². The zero-order valence-corrected chi connectivity index (χ0v) is 8.48. The second-order valence-corrected chi connectivity index (χ2v) is 3.81. The predicted octanol–water partition coefficient (Wildman–Crippen LogP) is 4.02. The molecular formula is C11H22. The standard InChI is InChI=1S/C11H22/c1-6-9-11(5,8-3)10(4)7-2/h6,10H,1,7-9H2,2-5H3. The maximum Gasteiger partial charge on any atom is -0.0268 e. The third-order valence-corrected chi connectivity index (χ3v) is 3.22.